The van der Waals surface area contributed by atoms with Crippen molar-refractivity contribution in [1.29, 1.82) is 0 Å². The summed E-state index contributed by atoms with van der Waals surface area (Å²) in [6, 6.07) is 13.8. The lowest BCUT2D eigenvalue weighted by Crippen LogP contribution is -2.12. The molecular formula is C20H17BrClNO4. The number of benzene rings is 2. The van der Waals surface area contributed by atoms with Crippen LogP contribution in [0.15, 0.2) is 57.4 Å². The molecule has 27 heavy (non-hydrogen) atoms. The van der Waals surface area contributed by atoms with Crippen LogP contribution >= 0.6 is 27.5 Å². The summed E-state index contributed by atoms with van der Waals surface area (Å²) in [6.45, 7) is 2.26. The Labute approximate surface area is 170 Å². The molecule has 140 valence electrons. The molecule has 5 nitrogen and oxygen atoms in total. The Hall–Kier alpha value is -2.28. The van der Waals surface area contributed by atoms with E-state index < -0.39 is 0 Å². The highest BCUT2D eigenvalue weighted by Crippen LogP contribution is 2.31. The number of carbonyl (C=O) groups is 1. The molecule has 0 aliphatic rings. The van der Waals surface area contributed by atoms with Gasteiger partial charge in [0.2, 0.25) is 0 Å². The summed E-state index contributed by atoms with van der Waals surface area (Å²) in [5.41, 5.74) is 1.67. The Morgan fingerprint density at radius 2 is 2.04 bits per heavy atom. The van der Waals surface area contributed by atoms with Gasteiger partial charge in [-0.3, -0.25) is 4.79 Å². The Balaban J connectivity index is 1.83. The molecule has 0 bridgehead atoms. The number of anilines is 1. The van der Waals surface area contributed by atoms with Gasteiger partial charge >= 0.3 is 0 Å². The smallest absolute Gasteiger partial charge is 0.255 e. The highest BCUT2D eigenvalue weighted by molar-refractivity contribution is 9.10. The number of hydrogen-bond acceptors (Lipinski definition) is 4. The monoisotopic (exact) mass is 449 g/mol. The molecule has 2 N–H and O–H groups in total. The molecule has 3 aromatic rings. The van der Waals surface area contributed by atoms with E-state index >= 15 is 0 Å². The van der Waals surface area contributed by atoms with Crippen molar-refractivity contribution in [3.8, 4) is 17.1 Å². The normalized spacial score (nSPS) is 10.7. The van der Waals surface area contributed by atoms with Crippen LogP contribution in [0.4, 0.5) is 5.69 Å². The minimum absolute atomic E-state index is 0.177. The van der Waals surface area contributed by atoms with Crippen molar-refractivity contribution in [2.24, 2.45) is 0 Å². The summed E-state index contributed by atoms with van der Waals surface area (Å²) < 4.78 is 11.7. The van der Waals surface area contributed by atoms with Crippen molar-refractivity contribution in [3.63, 3.8) is 0 Å². The van der Waals surface area contributed by atoms with Crippen LogP contribution in [-0.4, -0.2) is 17.6 Å². The van der Waals surface area contributed by atoms with Crippen LogP contribution in [0.25, 0.3) is 11.3 Å². The van der Waals surface area contributed by atoms with Gasteiger partial charge < -0.3 is 19.6 Å². The third-order valence-electron chi connectivity index (χ3n) is 3.81. The number of carbonyl (C=O) groups excluding carboxylic acids is 1. The van der Waals surface area contributed by atoms with Crippen LogP contribution in [0.3, 0.4) is 0 Å². The fourth-order valence-electron chi connectivity index (χ4n) is 2.50. The number of ether oxygens (including phenoxy) is 1. The fourth-order valence-corrected chi connectivity index (χ4v) is 3.16. The van der Waals surface area contributed by atoms with Gasteiger partial charge in [-0.2, -0.15) is 0 Å². The number of furan rings is 1. The largest absolute Gasteiger partial charge is 0.493 e. The molecule has 0 atom stereocenters. The molecule has 0 saturated carbocycles. The highest BCUT2D eigenvalue weighted by Gasteiger charge is 2.13. The number of rotatable bonds is 6. The van der Waals surface area contributed by atoms with Crippen molar-refractivity contribution >= 4 is 39.1 Å². The minimum Gasteiger partial charge on any atom is -0.493 e. The Morgan fingerprint density at radius 3 is 2.70 bits per heavy atom. The summed E-state index contributed by atoms with van der Waals surface area (Å²) in [6.07, 6.45) is 0. The van der Waals surface area contributed by atoms with E-state index in [1.807, 2.05) is 6.92 Å². The van der Waals surface area contributed by atoms with Gasteiger partial charge in [-0.15, -0.1) is 0 Å². The molecule has 0 radical (unpaired) electrons. The van der Waals surface area contributed by atoms with Crippen molar-refractivity contribution in [1.82, 2.24) is 0 Å². The lowest BCUT2D eigenvalue weighted by Gasteiger charge is -2.11. The summed E-state index contributed by atoms with van der Waals surface area (Å²) in [7, 11) is 0. The molecular weight excluding hydrogens is 434 g/mol. The Morgan fingerprint density at radius 1 is 1.22 bits per heavy atom. The molecule has 1 aromatic heterocycles. The topological polar surface area (TPSA) is 71.7 Å². The maximum absolute atomic E-state index is 12.6. The predicted molar refractivity (Wildman–Crippen MR) is 108 cm³/mol. The average molecular weight is 451 g/mol. The van der Waals surface area contributed by atoms with Crippen LogP contribution in [-0.2, 0) is 6.61 Å². The Bertz CT molecular complexity index is 970. The van der Waals surface area contributed by atoms with E-state index in [9.17, 15) is 4.79 Å². The molecule has 0 saturated heterocycles. The van der Waals surface area contributed by atoms with Gasteiger partial charge in [0.15, 0.2) is 0 Å². The SMILES string of the molecule is CCOc1ccc(C(=O)Nc2cc(-c3ccc(CO)o3)ccc2Cl)cc1Br. The second kappa shape index (κ2) is 8.61. The lowest BCUT2D eigenvalue weighted by molar-refractivity contribution is 0.102. The van der Waals surface area contributed by atoms with Crippen molar-refractivity contribution in [2.45, 2.75) is 13.5 Å². The number of amides is 1. The third-order valence-corrected chi connectivity index (χ3v) is 4.76. The minimum atomic E-state index is -0.298. The second-order valence-corrected chi connectivity index (χ2v) is 6.91. The predicted octanol–water partition coefficient (Wildman–Crippen LogP) is 5.51. The first-order chi connectivity index (χ1) is 13.0. The highest BCUT2D eigenvalue weighted by atomic mass is 79.9. The van der Waals surface area contributed by atoms with E-state index in [4.69, 9.17) is 25.9 Å². The zero-order valence-electron chi connectivity index (χ0n) is 14.5. The van der Waals surface area contributed by atoms with Crippen molar-refractivity contribution in [2.75, 3.05) is 11.9 Å². The standard InChI is InChI=1S/C20H17BrClNO4/c1-2-26-19-7-4-13(9-15(19)21)20(25)23-17-10-12(3-6-16(17)22)18-8-5-14(11-24)27-18/h3-10,24H,2,11H2,1H3,(H,23,25). The van der Waals surface area contributed by atoms with E-state index in [1.165, 1.54) is 0 Å². The number of aliphatic hydroxyl groups excluding tert-OH is 1. The maximum atomic E-state index is 12.6. The second-order valence-electron chi connectivity index (χ2n) is 5.65. The molecule has 2 aromatic carbocycles. The van der Waals surface area contributed by atoms with Crippen molar-refractivity contribution < 1.29 is 19.1 Å². The molecule has 3 rings (SSSR count). The number of hydrogen-bond donors (Lipinski definition) is 2. The molecule has 0 spiro atoms. The first-order valence-corrected chi connectivity index (χ1v) is 9.42. The van der Waals surface area contributed by atoms with Crippen LogP contribution in [0.5, 0.6) is 5.75 Å². The molecule has 0 unspecified atom stereocenters. The molecule has 0 aliphatic carbocycles. The number of halogens is 2. The summed E-state index contributed by atoms with van der Waals surface area (Å²) in [5.74, 6) is 1.42. The van der Waals surface area contributed by atoms with Gasteiger partial charge in [-0.1, -0.05) is 11.6 Å². The first kappa shape index (κ1) is 19.5. The van der Waals surface area contributed by atoms with Gasteiger partial charge in [0.1, 0.15) is 23.9 Å². The summed E-state index contributed by atoms with van der Waals surface area (Å²) in [5, 5.41) is 12.4. The van der Waals surface area contributed by atoms with Crippen LogP contribution in [0.1, 0.15) is 23.0 Å². The van der Waals surface area contributed by atoms with Gasteiger partial charge in [0.25, 0.3) is 5.91 Å². The summed E-state index contributed by atoms with van der Waals surface area (Å²) in [4.78, 5) is 12.6. The Kier molecular flexibility index (Phi) is 6.21. The van der Waals surface area contributed by atoms with Gasteiger partial charge in [-0.25, -0.2) is 0 Å². The van der Waals surface area contributed by atoms with Crippen molar-refractivity contribution in [3.05, 3.63) is 69.3 Å². The fraction of sp³-hybridized carbons (Fsp3) is 0.150. The molecule has 1 amide bonds. The van der Waals surface area contributed by atoms with E-state index in [-0.39, 0.29) is 12.5 Å². The van der Waals surface area contributed by atoms with Gasteiger partial charge in [0.05, 0.1) is 21.8 Å². The number of nitrogens with one attached hydrogen (secondary N) is 1. The molecule has 7 heteroatoms. The molecule has 1 heterocycles. The third kappa shape index (κ3) is 4.53. The van der Waals surface area contributed by atoms with Gasteiger partial charge in [-0.05, 0) is 71.4 Å². The van der Waals surface area contributed by atoms with E-state index in [0.717, 1.165) is 5.56 Å². The van der Waals surface area contributed by atoms with Gasteiger partial charge in [0, 0.05) is 11.1 Å². The first-order valence-electron chi connectivity index (χ1n) is 8.25. The van der Waals surface area contributed by atoms with Crippen LogP contribution < -0.4 is 10.1 Å². The number of aliphatic hydroxyl groups is 1. The summed E-state index contributed by atoms with van der Waals surface area (Å²) >= 11 is 9.63. The van der Waals surface area contributed by atoms with Crippen LogP contribution in [0.2, 0.25) is 5.02 Å². The zero-order valence-corrected chi connectivity index (χ0v) is 16.8. The van der Waals surface area contributed by atoms with E-state index in [1.54, 1.807) is 48.5 Å². The van der Waals surface area contributed by atoms with Crippen LogP contribution in [0, 0.1) is 0 Å². The molecule has 0 aliphatic heterocycles. The molecule has 0 fully saturated rings. The van der Waals surface area contributed by atoms with E-state index in [0.29, 0.717) is 44.6 Å². The quantitative estimate of drug-likeness (QED) is 0.520. The average Bonchev–Trinajstić information content (AvgIpc) is 3.14. The maximum Gasteiger partial charge on any atom is 0.255 e. The lowest BCUT2D eigenvalue weighted by atomic mass is 10.1. The zero-order chi connectivity index (χ0) is 19.4. The van der Waals surface area contributed by atoms with E-state index in [2.05, 4.69) is 21.2 Å².